The van der Waals surface area contributed by atoms with Crippen molar-refractivity contribution in [3.05, 3.63) is 23.9 Å². The lowest BCUT2D eigenvalue weighted by molar-refractivity contribution is -0.132. The number of carbonyl (C=O) groups excluding carboxylic acids is 2. The highest BCUT2D eigenvalue weighted by Gasteiger charge is 2.16. The van der Waals surface area contributed by atoms with Crippen molar-refractivity contribution >= 4 is 17.6 Å². The molecule has 128 valence electrons. The van der Waals surface area contributed by atoms with E-state index in [0.29, 0.717) is 5.82 Å². The second-order valence-electron chi connectivity index (χ2n) is 5.82. The fourth-order valence-electron chi connectivity index (χ4n) is 2.32. The zero-order valence-corrected chi connectivity index (χ0v) is 14.6. The van der Waals surface area contributed by atoms with Crippen molar-refractivity contribution < 1.29 is 9.59 Å². The summed E-state index contributed by atoms with van der Waals surface area (Å²) in [5, 5.41) is 2.75. The molecule has 0 spiro atoms. The molecule has 6 nitrogen and oxygen atoms in total. The summed E-state index contributed by atoms with van der Waals surface area (Å²) in [6.45, 7) is 7.99. The van der Waals surface area contributed by atoms with Crippen LogP contribution in [0.15, 0.2) is 18.3 Å². The van der Waals surface area contributed by atoms with E-state index in [1.807, 2.05) is 24.0 Å². The molecule has 0 saturated heterocycles. The van der Waals surface area contributed by atoms with Gasteiger partial charge in [0, 0.05) is 19.3 Å². The first-order valence-electron chi connectivity index (χ1n) is 8.15. The summed E-state index contributed by atoms with van der Waals surface area (Å²) < 4.78 is 0. The van der Waals surface area contributed by atoms with Gasteiger partial charge in [-0.1, -0.05) is 13.8 Å². The predicted molar refractivity (Wildman–Crippen MR) is 92.3 cm³/mol. The maximum absolute atomic E-state index is 12.3. The fraction of sp³-hybridized carbons (Fsp3) is 0.588. The van der Waals surface area contributed by atoms with Crippen LogP contribution < -0.4 is 5.32 Å². The summed E-state index contributed by atoms with van der Waals surface area (Å²) >= 11 is 0. The molecule has 0 atom stereocenters. The van der Waals surface area contributed by atoms with E-state index < -0.39 is 0 Å². The van der Waals surface area contributed by atoms with Crippen LogP contribution in [0.3, 0.4) is 0 Å². The molecule has 0 radical (unpaired) electrons. The first-order valence-corrected chi connectivity index (χ1v) is 8.15. The summed E-state index contributed by atoms with van der Waals surface area (Å²) in [6, 6.07) is 3.68. The van der Waals surface area contributed by atoms with Crippen LogP contribution in [0, 0.1) is 6.92 Å². The van der Waals surface area contributed by atoms with Crippen molar-refractivity contribution in [2.45, 2.75) is 33.6 Å². The number of likely N-dealkylation sites (N-methyl/N-ethyl adjacent to an activating group) is 1. The number of nitrogens with one attached hydrogen (secondary N) is 1. The third-order valence-electron chi connectivity index (χ3n) is 3.34. The minimum atomic E-state index is -0.170. The van der Waals surface area contributed by atoms with Gasteiger partial charge in [-0.15, -0.1) is 0 Å². The van der Waals surface area contributed by atoms with Crippen molar-refractivity contribution in [3.8, 4) is 0 Å². The molecule has 0 unspecified atom stereocenters. The van der Waals surface area contributed by atoms with Gasteiger partial charge in [-0.25, -0.2) is 4.98 Å². The van der Waals surface area contributed by atoms with E-state index in [-0.39, 0.29) is 24.9 Å². The molecular formula is C17H28N4O2. The third kappa shape index (κ3) is 7.23. The molecule has 1 N–H and O–H groups in total. The van der Waals surface area contributed by atoms with Crippen LogP contribution in [0.4, 0.5) is 5.82 Å². The van der Waals surface area contributed by atoms with Gasteiger partial charge in [0.25, 0.3) is 0 Å². The van der Waals surface area contributed by atoms with E-state index in [1.54, 1.807) is 18.1 Å². The molecule has 0 aliphatic rings. The van der Waals surface area contributed by atoms with E-state index in [1.165, 1.54) is 0 Å². The molecule has 0 bridgehead atoms. The molecule has 0 saturated carbocycles. The Morgan fingerprint density at radius 2 is 1.83 bits per heavy atom. The standard InChI is InChI=1S/C17H28N4O2/c1-5-9-21(10-6-2)17(23)13-20(4)12-16(22)19-15-11-14(3)7-8-18-15/h7-8,11H,5-6,9-10,12-13H2,1-4H3,(H,18,19,22). The first kappa shape index (κ1) is 19.1. The van der Waals surface area contributed by atoms with Gasteiger partial charge in [-0.2, -0.15) is 0 Å². The molecule has 0 aliphatic carbocycles. The number of amides is 2. The van der Waals surface area contributed by atoms with E-state index in [2.05, 4.69) is 24.1 Å². The molecular weight excluding hydrogens is 292 g/mol. The Kier molecular flexibility index (Phi) is 8.26. The zero-order valence-electron chi connectivity index (χ0n) is 14.6. The van der Waals surface area contributed by atoms with Crippen molar-refractivity contribution in [2.24, 2.45) is 0 Å². The van der Waals surface area contributed by atoms with Crippen molar-refractivity contribution in [1.82, 2.24) is 14.8 Å². The number of nitrogens with zero attached hydrogens (tertiary/aromatic N) is 3. The van der Waals surface area contributed by atoms with Crippen molar-refractivity contribution in [3.63, 3.8) is 0 Å². The molecule has 1 aromatic rings. The maximum atomic E-state index is 12.3. The Hall–Kier alpha value is -1.95. The van der Waals surface area contributed by atoms with Crippen LogP contribution in [0.1, 0.15) is 32.3 Å². The molecule has 2 amide bonds. The lowest BCUT2D eigenvalue weighted by Gasteiger charge is -2.24. The number of carbonyl (C=O) groups is 2. The van der Waals surface area contributed by atoms with Crippen LogP contribution in [0.25, 0.3) is 0 Å². The molecule has 0 fully saturated rings. The third-order valence-corrected chi connectivity index (χ3v) is 3.34. The monoisotopic (exact) mass is 320 g/mol. The maximum Gasteiger partial charge on any atom is 0.239 e. The van der Waals surface area contributed by atoms with E-state index in [9.17, 15) is 9.59 Å². The van der Waals surface area contributed by atoms with E-state index in [0.717, 1.165) is 31.5 Å². The van der Waals surface area contributed by atoms with Crippen LogP contribution in [0.2, 0.25) is 0 Å². The van der Waals surface area contributed by atoms with Gasteiger partial charge in [-0.05, 0) is 44.5 Å². The molecule has 23 heavy (non-hydrogen) atoms. The number of aryl methyl sites for hydroxylation is 1. The second-order valence-corrected chi connectivity index (χ2v) is 5.82. The van der Waals surface area contributed by atoms with Gasteiger partial charge >= 0.3 is 0 Å². The number of aromatic nitrogens is 1. The Morgan fingerprint density at radius 1 is 1.17 bits per heavy atom. The highest BCUT2D eigenvalue weighted by Crippen LogP contribution is 2.05. The van der Waals surface area contributed by atoms with Crippen LogP contribution >= 0.6 is 0 Å². The number of hydrogen-bond donors (Lipinski definition) is 1. The lowest BCUT2D eigenvalue weighted by atomic mass is 10.3. The van der Waals surface area contributed by atoms with Crippen molar-refractivity contribution in [2.75, 3.05) is 38.5 Å². The van der Waals surface area contributed by atoms with E-state index in [4.69, 9.17) is 0 Å². The topological polar surface area (TPSA) is 65.5 Å². The van der Waals surface area contributed by atoms with Crippen LogP contribution in [0.5, 0.6) is 0 Å². The van der Waals surface area contributed by atoms with Gasteiger partial charge < -0.3 is 10.2 Å². The molecule has 0 aliphatic heterocycles. The van der Waals surface area contributed by atoms with Gasteiger partial charge in [0.15, 0.2) is 0 Å². The van der Waals surface area contributed by atoms with Gasteiger partial charge in [-0.3, -0.25) is 14.5 Å². The average Bonchev–Trinajstić information content (AvgIpc) is 2.46. The summed E-state index contributed by atoms with van der Waals surface area (Å²) in [7, 11) is 1.78. The predicted octanol–water partition coefficient (Wildman–Crippen LogP) is 1.91. The van der Waals surface area contributed by atoms with Crippen molar-refractivity contribution in [1.29, 1.82) is 0 Å². The fourth-order valence-corrected chi connectivity index (χ4v) is 2.32. The largest absolute Gasteiger partial charge is 0.342 e. The van der Waals surface area contributed by atoms with Gasteiger partial charge in [0.2, 0.25) is 11.8 Å². The molecule has 1 heterocycles. The quantitative estimate of drug-likeness (QED) is 0.755. The second kappa shape index (κ2) is 9.94. The van der Waals surface area contributed by atoms with Gasteiger partial charge in [0.1, 0.15) is 5.82 Å². The Bertz CT molecular complexity index is 513. The van der Waals surface area contributed by atoms with E-state index >= 15 is 0 Å². The summed E-state index contributed by atoms with van der Waals surface area (Å²) in [5.41, 5.74) is 1.04. The van der Waals surface area contributed by atoms with Gasteiger partial charge in [0.05, 0.1) is 13.1 Å². The summed E-state index contributed by atoms with van der Waals surface area (Å²) in [6.07, 6.45) is 3.54. The molecule has 1 aromatic heterocycles. The minimum Gasteiger partial charge on any atom is -0.342 e. The highest BCUT2D eigenvalue weighted by molar-refractivity contribution is 5.91. The summed E-state index contributed by atoms with van der Waals surface area (Å²) in [5.74, 6) is 0.432. The zero-order chi connectivity index (χ0) is 17.2. The number of rotatable bonds is 9. The normalized spacial score (nSPS) is 10.7. The molecule has 6 heteroatoms. The smallest absolute Gasteiger partial charge is 0.239 e. The number of hydrogen-bond acceptors (Lipinski definition) is 4. The summed E-state index contributed by atoms with van der Waals surface area (Å²) in [4.78, 5) is 32.0. The molecule has 0 aromatic carbocycles. The Labute approximate surface area is 138 Å². The average molecular weight is 320 g/mol. The number of pyridine rings is 1. The van der Waals surface area contributed by atoms with Crippen LogP contribution in [-0.4, -0.2) is 59.8 Å². The minimum absolute atomic E-state index is 0.0673. The SMILES string of the molecule is CCCN(CCC)C(=O)CN(C)CC(=O)Nc1cc(C)ccn1. The first-order chi connectivity index (χ1) is 11.0. The highest BCUT2D eigenvalue weighted by atomic mass is 16.2. The Balaban J connectivity index is 2.46. The Morgan fingerprint density at radius 3 is 2.39 bits per heavy atom. The molecule has 1 rings (SSSR count). The van der Waals surface area contributed by atoms with Crippen LogP contribution in [-0.2, 0) is 9.59 Å². The lowest BCUT2D eigenvalue weighted by Crippen LogP contribution is -2.42. The number of anilines is 1.